The number of carbonyl (C=O) groups is 1. The molecule has 1 N–H and O–H groups in total. The number of alkyl halides is 2. The maximum Gasteiger partial charge on any atom is 0.387 e. The number of nitrogens with zero attached hydrogens (tertiary/aromatic N) is 2. The minimum absolute atomic E-state index is 0.135. The van der Waals surface area contributed by atoms with E-state index in [0.717, 1.165) is 0 Å². The molecule has 1 heterocycles. The number of hydrogen-bond donors (Lipinski definition) is 1. The minimum Gasteiger partial charge on any atom is -0.493 e. The van der Waals surface area contributed by atoms with E-state index in [1.807, 2.05) is 0 Å². The van der Waals surface area contributed by atoms with Crippen molar-refractivity contribution in [2.75, 3.05) is 31.4 Å². The highest BCUT2D eigenvalue weighted by Gasteiger charge is 2.14. The number of pyridine rings is 1. The first-order valence-electron chi connectivity index (χ1n) is 7.65. The zero-order chi connectivity index (χ0) is 19.1. The Morgan fingerprint density at radius 1 is 1.27 bits per heavy atom. The van der Waals surface area contributed by atoms with Crippen molar-refractivity contribution in [3.63, 3.8) is 0 Å². The first-order valence-corrected chi connectivity index (χ1v) is 7.65. The number of benzene rings is 1. The van der Waals surface area contributed by atoms with Crippen LogP contribution in [0.4, 0.5) is 20.3 Å². The molecule has 0 atom stereocenters. The van der Waals surface area contributed by atoms with Crippen molar-refractivity contribution in [3.8, 4) is 11.5 Å². The Hall–Kier alpha value is -3.16. The van der Waals surface area contributed by atoms with E-state index in [1.54, 1.807) is 49.5 Å². The van der Waals surface area contributed by atoms with Gasteiger partial charge in [0.2, 0.25) is 5.91 Å². The highest BCUT2D eigenvalue weighted by molar-refractivity contribution is 6.03. The van der Waals surface area contributed by atoms with Crippen molar-refractivity contribution in [2.45, 2.75) is 6.61 Å². The van der Waals surface area contributed by atoms with E-state index in [2.05, 4.69) is 15.0 Å². The fraction of sp³-hybridized carbons (Fsp3) is 0.222. The Balaban J connectivity index is 2.21. The Kier molecular flexibility index (Phi) is 6.48. The van der Waals surface area contributed by atoms with Crippen molar-refractivity contribution in [1.82, 2.24) is 4.98 Å². The van der Waals surface area contributed by atoms with Gasteiger partial charge in [0, 0.05) is 31.9 Å². The van der Waals surface area contributed by atoms with Crippen LogP contribution in [0.1, 0.15) is 5.56 Å². The lowest BCUT2D eigenvalue weighted by atomic mass is 10.1. The summed E-state index contributed by atoms with van der Waals surface area (Å²) < 4.78 is 34.8. The SMILES string of the molecule is COc1cccc(/C=C/C(=O)Nc2cccnc2N(C)C)c1OC(F)F. The monoisotopic (exact) mass is 363 g/mol. The van der Waals surface area contributed by atoms with Gasteiger partial charge >= 0.3 is 6.61 Å². The lowest BCUT2D eigenvalue weighted by molar-refractivity contribution is -0.111. The van der Waals surface area contributed by atoms with Crippen LogP contribution in [-0.2, 0) is 4.79 Å². The summed E-state index contributed by atoms with van der Waals surface area (Å²) in [4.78, 5) is 18.1. The number of carbonyl (C=O) groups excluding carboxylic acids is 1. The van der Waals surface area contributed by atoms with Crippen LogP contribution >= 0.6 is 0 Å². The molecule has 0 unspecified atom stereocenters. The summed E-state index contributed by atoms with van der Waals surface area (Å²) in [5, 5.41) is 2.70. The van der Waals surface area contributed by atoms with Crippen LogP contribution in [0.5, 0.6) is 11.5 Å². The molecule has 0 bridgehead atoms. The van der Waals surface area contributed by atoms with Crippen molar-refractivity contribution < 1.29 is 23.0 Å². The van der Waals surface area contributed by atoms with E-state index < -0.39 is 12.5 Å². The molecule has 0 saturated carbocycles. The lowest BCUT2D eigenvalue weighted by Gasteiger charge is -2.15. The number of methoxy groups -OCH3 is 1. The first kappa shape index (κ1) is 19.2. The van der Waals surface area contributed by atoms with E-state index in [1.165, 1.54) is 25.3 Å². The number of halogens is 2. The van der Waals surface area contributed by atoms with Gasteiger partial charge in [-0.05, 0) is 24.3 Å². The summed E-state index contributed by atoms with van der Waals surface area (Å²) in [5.41, 5.74) is 0.820. The molecule has 8 heteroatoms. The number of hydrogen-bond acceptors (Lipinski definition) is 5. The zero-order valence-electron chi connectivity index (χ0n) is 14.6. The fourth-order valence-corrected chi connectivity index (χ4v) is 2.23. The van der Waals surface area contributed by atoms with Crippen LogP contribution in [0.15, 0.2) is 42.6 Å². The maximum atomic E-state index is 12.6. The van der Waals surface area contributed by atoms with Crippen molar-refractivity contribution in [2.24, 2.45) is 0 Å². The van der Waals surface area contributed by atoms with Crippen LogP contribution in [-0.4, -0.2) is 38.7 Å². The van der Waals surface area contributed by atoms with Crippen LogP contribution in [0, 0.1) is 0 Å². The first-order chi connectivity index (χ1) is 12.4. The Labute approximate surface area is 150 Å². The molecule has 0 radical (unpaired) electrons. The summed E-state index contributed by atoms with van der Waals surface area (Å²) in [6.45, 7) is -3.01. The molecule has 0 aliphatic rings. The Morgan fingerprint density at radius 3 is 2.69 bits per heavy atom. The van der Waals surface area contributed by atoms with Gasteiger partial charge in [-0.15, -0.1) is 0 Å². The molecule has 0 aliphatic carbocycles. The smallest absolute Gasteiger partial charge is 0.387 e. The topological polar surface area (TPSA) is 63.7 Å². The van der Waals surface area contributed by atoms with E-state index in [-0.39, 0.29) is 11.5 Å². The molecule has 2 rings (SSSR count). The second-order valence-electron chi connectivity index (χ2n) is 5.35. The molecule has 0 aliphatic heterocycles. The predicted molar refractivity (Wildman–Crippen MR) is 95.9 cm³/mol. The Morgan fingerprint density at radius 2 is 2.04 bits per heavy atom. The van der Waals surface area contributed by atoms with Gasteiger partial charge in [-0.1, -0.05) is 12.1 Å². The molecule has 0 fully saturated rings. The second kappa shape index (κ2) is 8.80. The lowest BCUT2D eigenvalue weighted by Crippen LogP contribution is -2.16. The van der Waals surface area contributed by atoms with Gasteiger partial charge in [0.15, 0.2) is 17.3 Å². The summed E-state index contributed by atoms with van der Waals surface area (Å²) >= 11 is 0. The summed E-state index contributed by atoms with van der Waals surface area (Å²) in [5.74, 6) is 0.170. The van der Waals surface area contributed by atoms with Gasteiger partial charge in [-0.2, -0.15) is 8.78 Å². The maximum absolute atomic E-state index is 12.6. The Bertz CT molecular complexity index is 795. The molecule has 1 aromatic heterocycles. The third-order valence-electron chi connectivity index (χ3n) is 3.32. The van der Waals surface area contributed by atoms with Crippen LogP contribution in [0.25, 0.3) is 6.08 Å². The zero-order valence-corrected chi connectivity index (χ0v) is 14.6. The van der Waals surface area contributed by atoms with E-state index in [0.29, 0.717) is 17.1 Å². The minimum atomic E-state index is -3.01. The number of para-hydroxylation sites is 1. The average molecular weight is 363 g/mol. The number of rotatable bonds is 7. The van der Waals surface area contributed by atoms with Crippen LogP contribution in [0.3, 0.4) is 0 Å². The van der Waals surface area contributed by atoms with Gasteiger partial charge in [0.1, 0.15) is 0 Å². The van der Waals surface area contributed by atoms with Gasteiger partial charge in [0.05, 0.1) is 12.8 Å². The van der Waals surface area contributed by atoms with Crippen LogP contribution < -0.4 is 19.7 Å². The quantitative estimate of drug-likeness (QED) is 0.764. The van der Waals surface area contributed by atoms with Crippen molar-refractivity contribution in [3.05, 3.63) is 48.2 Å². The molecule has 1 aromatic carbocycles. The highest BCUT2D eigenvalue weighted by atomic mass is 19.3. The highest BCUT2D eigenvalue weighted by Crippen LogP contribution is 2.33. The van der Waals surface area contributed by atoms with Crippen molar-refractivity contribution in [1.29, 1.82) is 0 Å². The normalized spacial score (nSPS) is 10.8. The summed E-state index contributed by atoms with van der Waals surface area (Å²) in [6, 6.07) is 8.06. The van der Waals surface area contributed by atoms with E-state index >= 15 is 0 Å². The molecule has 1 amide bonds. The largest absolute Gasteiger partial charge is 0.493 e. The standard InChI is InChI=1S/C18H19F2N3O3/c1-23(2)17-13(7-5-11-21-17)22-15(24)10-9-12-6-4-8-14(25-3)16(12)26-18(19)20/h4-11,18H,1-3H3,(H,22,24)/b10-9+. The van der Waals surface area contributed by atoms with Gasteiger partial charge in [-0.3, -0.25) is 4.79 Å². The summed E-state index contributed by atoms with van der Waals surface area (Å²) in [7, 11) is 4.95. The third kappa shape index (κ3) is 4.92. The molecule has 138 valence electrons. The fourth-order valence-electron chi connectivity index (χ4n) is 2.23. The number of aromatic nitrogens is 1. The number of ether oxygens (including phenoxy) is 2. The average Bonchev–Trinajstić information content (AvgIpc) is 2.60. The van der Waals surface area contributed by atoms with Gasteiger partial charge in [0.25, 0.3) is 0 Å². The summed E-state index contributed by atoms with van der Waals surface area (Å²) in [6.07, 6.45) is 4.21. The molecular formula is C18H19F2N3O3. The van der Waals surface area contributed by atoms with E-state index in [9.17, 15) is 13.6 Å². The molecule has 26 heavy (non-hydrogen) atoms. The number of anilines is 2. The molecule has 2 aromatic rings. The molecule has 6 nitrogen and oxygen atoms in total. The van der Waals surface area contributed by atoms with Crippen molar-refractivity contribution >= 4 is 23.5 Å². The molecule has 0 saturated heterocycles. The molecular weight excluding hydrogens is 344 g/mol. The number of amides is 1. The second-order valence-corrected chi connectivity index (χ2v) is 5.35. The number of nitrogens with one attached hydrogen (secondary N) is 1. The van der Waals surface area contributed by atoms with Gasteiger partial charge < -0.3 is 19.7 Å². The third-order valence-corrected chi connectivity index (χ3v) is 3.32. The van der Waals surface area contributed by atoms with Crippen LogP contribution in [0.2, 0.25) is 0 Å². The molecule has 0 spiro atoms. The predicted octanol–water partition coefficient (Wildman–Crippen LogP) is 3.41. The van der Waals surface area contributed by atoms with Gasteiger partial charge in [-0.25, -0.2) is 4.98 Å². The van der Waals surface area contributed by atoms with E-state index in [4.69, 9.17) is 4.74 Å².